The molecule has 1 saturated heterocycles. The third-order valence-electron chi connectivity index (χ3n) is 5.62. The van der Waals surface area contributed by atoms with E-state index in [1.165, 1.54) is 12.1 Å². The molecular weight excluding hydrogens is 431 g/mol. The number of nitrogens with one attached hydrogen (secondary N) is 2. The van der Waals surface area contributed by atoms with Gasteiger partial charge in [-0.05, 0) is 60.5 Å². The van der Waals surface area contributed by atoms with Crippen molar-refractivity contribution in [3.63, 3.8) is 0 Å². The van der Waals surface area contributed by atoms with Gasteiger partial charge in [0.1, 0.15) is 5.82 Å². The van der Waals surface area contributed by atoms with Crippen molar-refractivity contribution in [2.75, 3.05) is 30.4 Å². The molecular formula is C24H24ClFN4O2. The van der Waals surface area contributed by atoms with Gasteiger partial charge in [0.2, 0.25) is 5.88 Å². The van der Waals surface area contributed by atoms with Crippen molar-refractivity contribution in [1.82, 2.24) is 10.3 Å². The molecule has 4 rings (SSSR count). The minimum absolute atomic E-state index is 0.0109. The average Bonchev–Trinajstić information content (AvgIpc) is 2.81. The first-order valence-corrected chi connectivity index (χ1v) is 10.7. The van der Waals surface area contributed by atoms with Crippen molar-refractivity contribution in [3.05, 3.63) is 83.3 Å². The van der Waals surface area contributed by atoms with Crippen molar-refractivity contribution < 1.29 is 13.9 Å². The van der Waals surface area contributed by atoms with E-state index >= 15 is 0 Å². The van der Waals surface area contributed by atoms with E-state index < -0.39 is 0 Å². The third-order valence-corrected chi connectivity index (χ3v) is 5.87. The van der Waals surface area contributed by atoms with Gasteiger partial charge in [-0.15, -0.1) is 0 Å². The van der Waals surface area contributed by atoms with Gasteiger partial charge in [-0.3, -0.25) is 0 Å². The molecule has 166 valence electrons. The molecule has 1 aliphatic rings. The Hall–Kier alpha value is -3.32. The summed E-state index contributed by atoms with van der Waals surface area (Å²) in [7, 11) is 1.57. The standard InChI is InChI=1S/C24H24ClFN4O2/c1-32-23-11-2-16(14-27-23)21-15-30(20-9-5-18(26)6-10-20)13-12-22(21)29-24(31)28-19-7-3-17(25)4-8-19/h2-11,14,21-22H,12-13,15H2,1H3,(H2,28,29,31). The van der Waals surface area contributed by atoms with Crippen molar-refractivity contribution >= 4 is 29.0 Å². The molecule has 1 aliphatic heterocycles. The first kappa shape index (κ1) is 21.9. The Morgan fingerprint density at radius 3 is 2.53 bits per heavy atom. The highest BCUT2D eigenvalue weighted by Crippen LogP contribution is 2.31. The third kappa shape index (κ3) is 5.29. The number of rotatable bonds is 5. The largest absolute Gasteiger partial charge is 0.481 e. The van der Waals surface area contributed by atoms with Crippen LogP contribution in [0, 0.1) is 5.82 Å². The van der Waals surface area contributed by atoms with Gasteiger partial charge in [-0.25, -0.2) is 14.2 Å². The number of piperidine rings is 1. The fourth-order valence-electron chi connectivity index (χ4n) is 3.95. The lowest BCUT2D eigenvalue weighted by Crippen LogP contribution is -2.50. The van der Waals surface area contributed by atoms with Gasteiger partial charge in [-0.1, -0.05) is 17.7 Å². The Morgan fingerprint density at radius 1 is 1.12 bits per heavy atom. The molecule has 1 aromatic heterocycles. The number of aromatic nitrogens is 1. The van der Waals surface area contributed by atoms with Crippen LogP contribution in [0.3, 0.4) is 0 Å². The summed E-state index contributed by atoms with van der Waals surface area (Å²) in [6.07, 6.45) is 2.51. The molecule has 0 bridgehead atoms. The summed E-state index contributed by atoms with van der Waals surface area (Å²) in [6.45, 7) is 1.39. The quantitative estimate of drug-likeness (QED) is 0.565. The highest BCUT2D eigenvalue weighted by Gasteiger charge is 2.32. The van der Waals surface area contributed by atoms with Gasteiger partial charge < -0.3 is 20.3 Å². The fourth-order valence-corrected chi connectivity index (χ4v) is 4.08. The van der Waals surface area contributed by atoms with E-state index in [1.54, 1.807) is 49.7 Å². The number of nitrogens with zero attached hydrogens (tertiary/aromatic N) is 2. The fraction of sp³-hybridized carbons (Fsp3) is 0.250. The topological polar surface area (TPSA) is 66.5 Å². The van der Waals surface area contributed by atoms with Crippen LogP contribution in [0.5, 0.6) is 5.88 Å². The van der Waals surface area contributed by atoms with E-state index in [4.69, 9.17) is 16.3 Å². The second-order valence-electron chi connectivity index (χ2n) is 7.66. The first-order valence-electron chi connectivity index (χ1n) is 10.4. The van der Waals surface area contributed by atoms with Crippen LogP contribution in [0.15, 0.2) is 66.9 Å². The number of halogens is 2. The summed E-state index contributed by atoms with van der Waals surface area (Å²) in [5, 5.41) is 6.58. The normalized spacial score (nSPS) is 18.2. The van der Waals surface area contributed by atoms with Crippen molar-refractivity contribution in [1.29, 1.82) is 0 Å². The summed E-state index contributed by atoms with van der Waals surface area (Å²) in [5.74, 6) is 0.258. The smallest absolute Gasteiger partial charge is 0.319 e. The molecule has 6 nitrogen and oxygen atoms in total. The van der Waals surface area contributed by atoms with Crippen LogP contribution < -0.4 is 20.3 Å². The van der Waals surface area contributed by atoms with Crippen molar-refractivity contribution in [2.45, 2.75) is 18.4 Å². The summed E-state index contributed by atoms with van der Waals surface area (Å²) < 4.78 is 18.6. The SMILES string of the molecule is COc1ccc(C2CN(c3ccc(F)cc3)CCC2NC(=O)Nc2ccc(Cl)cc2)cn1. The Morgan fingerprint density at radius 2 is 1.88 bits per heavy atom. The maximum Gasteiger partial charge on any atom is 0.319 e. The molecule has 0 radical (unpaired) electrons. The second kappa shape index (κ2) is 9.87. The Bertz CT molecular complexity index is 1050. The number of ether oxygens (including phenoxy) is 1. The van der Waals surface area contributed by atoms with Crippen molar-refractivity contribution in [3.8, 4) is 5.88 Å². The number of methoxy groups -OCH3 is 1. The lowest BCUT2D eigenvalue weighted by atomic mass is 9.86. The maximum atomic E-state index is 13.4. The van der Waals surface area contributed by atoms with Crippen LogP contribution in [0.4, 0.5) is 20.6 Å². The minimum atomic E-state index is -0.279. The van der Waals surface area contributed by atoms with E-state index in [1.807, 2.05) is 12.1 Å². The number of pyridine rings is 1. The lowest BCUT2D eigenvalue weighted by Gasteiger charge is -2.40. The lowest BCUT2D eigenvalue weighted by molar-refractivity contribution is 0.243. The molecule has 2 unspecified atom stereocenters. The van der Waals surface area contributed by atoms with Crippen LogP contribution in [0.25, 0.3) is 0 Å². The molecule has 32 heavy (non-hydrogen) atoms. The van der Waals surface area contributed by atoms with Gasteiger partial charge in [0, 0.05) is 53.7 Å². The van der Waals surface area contributed by atoms with Gasteiger partial charge in [0.05, 0.1) is 7.11 Å². The van der Waals surface area contributed by atoms with E-state index in [0.29, 0.717) is 23.1 Å². The number of anilines is 2. The molecule has 1 fully saturated rings. The number of carbonyl (C=O) groups excluding carboxylic acids is 1. The zero-order valence-electron chi connectivity index (χ0n) is 17.6. The summed E-state index contributed by atoms with van der Waals surface area (Å²) in [5.41, 5.74) is 2.61. The van der Waals surface area contributed by atoms with Gasteiger partial charge in [0.25, 0.3) is 0 Å². The molecule has 2 aromatic carbocycles. The molecule has 8 heteroatoms. The molecule has 2 amide bonds. The minimum Gasteiger partial charge on any atom is -0.481 e. The summed E-state index contributed by atoms with van der Waals surface area (Å²) >= 11 is 5.92. The van der Waals surface area contributed by atoms with Gasteiger partial charge in [-0.2, -0.15) is 0 Å². The highest BCUT2D eigenvalue weighted by atomic mass is 35.5. The molecule has 2 atom stereocenters. The van der Waals surface area contributed by atoms with Gasteiger partial charge >= 0.3 is 6.03 Å². The first-order chi connectivity index (χ1) is 15.5. The van der Waals surface area contributed by atoms with E-state index in [0.717, 1.165) is 24.2 Å². The molecule has 2 heterocycles. The maximum absolute atomic E-state index is 13.4. The van der Waals surface area contributed by atoms with Crippen LogP contribution in [0.2, 0.25) is 5.02 Å². The Kier molecular flexibility index (Phi) is 6.75. The van der Waals surface area contributed by atoms with E-state index in [-0.39, 0.29) is 23.8 Å². The summed E-state index contributed by atoms with van der Waals surface area (Å²) in [4.78, 5) is 19.2. The highest BCUT2D eigenvalue weighted by molar-refractivity contribution is 6.30. The van der Waals surface area contributed by atoms with Crippen LogP contribution in [-0.2, 0) is 0 Å². The Balaban J connectivity index is 1.51. The van der Waals surface area contributed by atoms with E-state index in [9.17, 15) is 9.18 Å². The number of amides is 2. The number of hydrogen-bond acceptors (Lipinski definition) is 4. The average molecular weight is 455 g/mol. The molecule has 3 aromatic rings. The Labute approximate surface area is 191 Å². The van der Waals surface area contributed by atoms with Gasteiger partial charge in [0.15, 0.2) is 0 Å². The monoisotopic (exact) mass is 454 g/mol. The number of carbonyl (C=O) groups is 1. The van der Waals surface area contributed by atoms with E-state index in [2.05, 4.69) is 20.5 Å². The molecule has 0 spiro atoms. The zero-order valence-corrected chi connectivity index (χ0v) is 18.3. The predicted molar refractivity (Wildman–Crippen MR) is 124 cm³/mol. The number of urea groups is 1. The number of benzene rings is 2. The van der Waals surface area contributed by atoms with Crippen LogP contribution in [0.1, 0.15) is 17.9 Å². The van der Waals surface area contributed by atoms with Crippen molar-refractivity contribution in [2.24, 2.45) is 0 Å². The van der Waals surface area contributed by atoms with Crippen LogP contribution in [-0.4, -0.2) is 37.3 Å². The zero-order chi connectivity index (χ0) is 22.5. The second-order valence-corrected chi connectivity index (χ2v) is 8.10. The molecule has 0 saturated carbocycles. The number of hydrogen-bond donors (Lipinski definition) is 2. The summed E-state index contributed by atoms with van der Waals surface area (Å²) in [6, 6.07) is 16.8. The predicted octanol–water partition coefficient (Wildman–Crippen LogP) is 5.07. The molecule has 2 N–H and O–H groups in total. The molecule has 0 aliphatic carbocycles. The van der Waals surface area contributed by atoms with Crippen LogP contribution >= 0.6 is 11.6 Å².